The van der Waals surface area contributed by atoms with Crippen LogP contribution >= 0.6 is 11.3 Å². The minimum absolute atomic E-state index is 0.118. The molecule has 0 fully saturated rings. The molecule has 8 nitrogen and oxygen atoms in total. The number of sulfonamides is 1. The van der Waals surface area contributed by atoms with Crippen molar-refractivity contribution >= 4 is 54.7 Å². The number of aromatic nitrogens is 2. The Bertz CT molecular complexity index is 1200. The molecule has 0 aliphatic carbocycles. The van der Waals surface area contributed by atoms with Gasteiger partial charge in [-0.1, -0.05) is 6.92 Å². The lowest BCUT2D eigenvalue weighted by molar-refractivity contribution is 0.102. The summed E-state index contributed by atoms with van der Waals surface area (Å²) in [5.74, 6) is -2.71. The molecule has 0 aliphatic rings. The number of amides is 1. The summed E-state index contributed by atoms with van der Waals surface area (Å²) in [7, 11) is -3.79. The number of anilines is 3. The van der Waals surface area contributed by atoms with E-state index in [9.17, 15) is 22.0 Å². The fraction of sp³-hybridized carbons (Fsp3) is 0.278. The normalized spacial score (nSPS) is 11.5. The van der Waals surface area contributed by atoms with E-state index in [0.717, 1.165) is 12.1 Å². The standard InChI is InChI=1S/C18H19F2N5O3S2/c1-3-7-30(27,28)25-12-6-5-11(19)15(13(12)20)24-18(26)10-8-29-16-14(10)22-9-23-17(16)21-4-2/h5-6,8-9,25H,3-4,7H2,1-2H3,(H,24,26)(H,21,22,23). The second-order valence-corrected chi connectivity index (χ2v) is 8.96. The highest BCUT2D eigenvalue weighted by atomic mass is 32.2. The van der Waals surface area contributed by atoms with Gasteiger partial charge in [0.1, 0.15) is 23.6 Å². The Labute approximate surface area is 175 Å². The van der Waals surface area contributed by atoms with Crippen LogP contribution in [0.5, 0.6) is 0 Å². The second kappa shape index (κ2) is 8.88. The number of nitrogens with one attached hydrogen (secondary N) is 3. The molecule has 0 bridgehead atoms. The number of rotatable bonds is 8. The first-order chi connectivity index (χ1) is 14.3. The molecule has 3 rings (SSSR count). The Kier molecular flexibility index (Phi) is 6.46. The molecule has 3 aromatic rings. The van der Waals surface area contributed by atoms with Crippen molar-refractivity contribution in [3.63, 3.8) is 0 Å². The molecule has 0 atom stereocenters. The lowest BCUT2D eigenvalue weighted by Crippen LogP contribution is -2.19. The summed E-state index contributed by atoms with van der Waals surface area (Å²) in [6.45, 7) is 4.16. The van der Waals surface area contributed by atoms with Crippen molar-refractivity contribution < 1.29 is 22.0 Å². The van der Waals surface area contributed by atoms with Crippen LogP contribution in [0, 0.1) is 11.6 Å². The minimum atomic E-state index is -3.79. The summed E-state index contributed by atoms with van der Waals surface area (Å²) in [5.41, 5.74) is -0.750. The summed E-state index contributed by atoms with van der Waals surface area (Å²) in [4.78, 5) is 20.9. The molecular weight excluding hydrogens is 436 g/mol. The molecule has 12 heteroatoms. The fourth-order valence-electron chi connectivity index (χ4n) is 2.72. The van der Waals surface area contributed by atoms with Gasteiger partial charge in [-0.2, -0.15) is 0 Å². The monoisotopic (exact) mass is 455 g/mol. The Morgan fingerprint density at radius 1 is 1.20 bits per heavy atom. The van der Waals surface area contributed by atoms with Crippen molar-refractivity contribution in [3.05, 3.63) is 41.0 Å². The Morgan fingerprint density at radius 3 is 2.67 bits per heavy atom. The van der Waals surface area contributed by atoms with Crippen LogP contribution in [-0.2, 0) is 10.0 Å². The lowest BCUT2D eigenvalue weighted by atomic mass is 10.2. The summed E-state index contributed by atoms with van der Waals surface area (Å²) in [6.07, 6.45) is 1.61. The van der Waals surface area contributed by atoms with Crippen molar-refractivity contribution in [2.75, 3.05) is 27.7 Å². The molecule has 2 aromatic heterocycles. The number of halogens is 2. The van der Waals surface area contributed by atoms with Crippen LogP contribution in [0.4, 0.5) is 26.0 Å². The largest absolute Gasteiger partial charge is 0.369 e. The molecule has 0 aliphatic heterocycles. The highest BCUT2D eigenvalue weighted by Gasteiger charge is 2.22. The summed E-state index contributed by atoms with van der Waals surface area (Å²) in [5, 5.41) is 6.75. The van der Waals surface area contributed by atoms with E-state index in [2.05, 4.69) is 25.3 Å². The Balaban J connectivity index is 1.93. The smallest absolute Gasteiger partial charge is 0.258 e. The van der Waals surface area contributed by atoms with E-state index < -0.39 is 38.9 Å². The van der Waals surface area contributed by atoms with E-state index in [4.69, 9.17) is 0 Å². The topological polar surface area (TPSA) is 113 Å². The van der Waals surface area contributed by atoms with Crippen molar-refractivity contribution in [1.82, 2.24) is 9.97 Å². The zero-order valence-corrected chi connectivity index (χ0v) is 17.8. The number of benzene rings is 1. The quantitative estimate of drug-likeness (QED) is 0.476. The lowest BCUT2D eigenvalue weighted by Gasteiger charge is -2.12. The van der Waals surface area contributed by atoms with Gasteiger partial charge in [0.2, 0.25) is 10.0 Å². The SMILES string of the molecule is CCCS(=O)(=O)Nc1ccc(F)c(NC(=O)c2csc3c(NCC)ncnc23)c1F. The molecule has 1 amide bonds. The average molecular weight is 456 g/mol. The van der Waals surface area contributed by atoms with Gasteiger partial charge in [-0.3, -0.25) is 9.52 Å². The molecule has 1 aromatic carbocycles. The van der Waals surface area contributed by atoms with Gasteiger partial charge in [0.15, 0.2) is 5.82 Å². The average Bonchev–Trinajstić information content (AvgIpc) is 3.13. The first-order valence-corrected chi connectivity index (χ1v) is 11.6. The zero-order chi connectivity index (χ0) is 21.9. The van der Waals surface area contributed by atoms with Gasteiger partial charge in [0.25, 0.3) is 5.91 Å². The maximum atomic E-state index is 14.8. The molecule has 0 saturated carbocycles. The molecule has 2 heterocycles. The summed E-state index contributed by atoms with van der Waals surface area (Å²) < 4.78 is 55.5. The van der Waals surface area contributed by atoms with Crippen LogP contribution in [-0.4, -0.2) is 36.6 Å². The molecule has 3 N–H and O–H groups in total. The first-order valence-electron chi connectivity index (χ1n) is 9.03. The van der Waals surface area contributed by atoms with Gasteiger partial charge in [-0.25, -0.2) is 27.2 Å². The zero-order valence-electron chi connectivity index (χ0n) is 16.1. The van der Waals surface area contributed by atoms with Crippen molar-refractivity contribution in [3.8, 4) is 0 Å². The number of hydrogen-bond acceptors (Lipinski definition) is 7. The van der Waals surface area contributed by atoms with Gasteiger partial charge in [-0.05, 0) is 25.5 Å². The molecule has 0 saturated heterocycles. The van der Waals surface area contributed by atoms with E-state index in [1.807, 2.05) is 6.92 Å². The maximum absolute atomic E-state index is 14.8. The van der Waals surface area contributed by atoms with Crippen molar-refractivity contribution in [2.24, 2.45) is 0 Å². The van der Waals surface area contributed by atoms with Crippen LogP contribution in [0.15, 0.2) is 23.8 Å². The summed E-state index contributed by atoms with van der Waals surface area (Å²) in [6, 6.07) is 1.84. The van der Waals surface area contributed by atoms with E-state index in [0.29, 0.717) is 29.0 Å². The summed E-state index contributed by atoms with van der Waals surface area (Å²) >= 11 is 1.22. The highest BCUT2D eigenvalue weighted by Crippen LogP contribution is 2.31. The molecular formula is C18H19F2N5O3S2. The molecule has 0 unspecified atom stereocenters. The predicted molar refractivity (Wildman–Crippen MR) is 114 cm³/mol. The van der Waals surface area contributed by atoms with E-state index in [1.54, 1.807) is 6.92 Å². The van der Waals surface area contributed by atoms with Crippen LogP contribution in [0.1, 0.15) is 30.6 Å². The molecule has 0 radical (unpaired) electrons. The number of fused-ring (bicyclic) bond motifs is 1. The van der Waals surface area contributed by atoms with E-state index in [1.165, 1.54) is 23.0 Å². The number of carbonyl (C=O) groups is 1. The Hall–Kier alpha value is -2.86. The first kappa shape index (κ1) is 21.8. The molecule has 160 valence electrons. The van der Waals surface area contributed by atoms with Crippen molar-refractivity contribution in [1.29, 1.82) is 0 Å². The molecule has 30 heavy (non-hydrogen) atoms. The van der Waals surface area contributed by atoms with Crippen LogP contribution < -0.4 is 15.4 Å². The maximum Gasteiger partial charge on any atom is 0.258 e. The third-order valence-electron chi connectivity index (χ3n) is 4.01. The highest BCUT2D eigenvalue weighted by molar-refractivity contribution is 7.92. The van der Waals surface area contributed by atoms with Gasteiger partial charge in [0, 0.05) is 11.9 Å². The van der Waals surface area contributed by atoms with Gasteiger partial charge < -0.3 is 10.6 Å². The second-order valence-electron chi connectivity index (χ2n) is 6.24. The number of nitrogens with zero attached hydrogens (tertiary/aromatic N) is 2. The third-order valence-corrected chi connectivity index (χ3v) is 6.46. The van der Waals surface area contributed by atoms with Gasteiger partial charge in [-0.15, -0.1) is 11.3 Å². The molecule has 0 spiro atoms. The Morgan fingerprint density at radius 2 is 1.97 bits per heavy atom. The van der Waals surface area contributed by atoms with Crippen LogP contribution in [0.25, 0.3) is 10.2 Å². The fourth-order valence-corrected chi connectivity index (χ4v) is 4.82. The van der Waals surface area contributed by atoms with Crippen LogP contribution in [0.3, 0.4) is 0 Å². The van der Waals surface area contributed by atoms with Crippen LogP contribution in [0.2, 0.25) is 0 Å². The predicted octanol–water partition coefficient (Wildman–Crippen LogP) is 3.81. The van der Waals surface area contributed by atoms with Crippen molar-refractivity contribution in [2.45, 2.75) is 20.3 Å². The number of hydrogen-bond donors (Lipinski definition) is 3. The van der Waals surface area contributed by atoms with Gasteiger partial charge >= 0.3 is 0 Å². The minimum Gasteiger partial charge on any atom is -0.369 e. The number of thiophene rings is 1. The van der Waals surface area contributed by atoms with Gasteiger partial charge in [0.05, 0.1) is 27.2 Å². The van der Waals surface area contributed by atoms with E-state index in [-0.39, 0.29) is 11.3 Å². The van der Waals surface area contributed by atoms with E-state index >= 15 is 0 Å². The third kappa shape index (κ3) is 4.49. The number of carbonyl (C=O) groups excluding carboxylic acids is 1.